The number of nitrogens with zero attached hydrogens (tertiary/aromatic N) is 2. The summed E-state index contributed by atoms with van der Waals surface area (Å²) in [5.41, 5.74) is 1.87. The number of hydrogen-bond donors (Lipinski definition) is 0. The summed E-state index contributed by atoms with van der Waals surface area (Å²) in [5, 5.41) is 0. The summed E-state index contributed by atoms with van der Waals surface area (Å²) in [7, 11) is 0. The molecule has 2 amide bonds. The Kier molecular flexibility index (Phi) is 4.28. The summed E-state index contributed by atoms with van der Waals surface area (Å²) >= 11 is 0. The average molecular weight is 330 g/mol. The van der Waals surface area contributed by atoms with E-state index in [2.05, 4.69) is 33.8 Å². The molecule has 1 saturated heterocycles. The predicted molar refractivity (Wildman–Crippen MR) is 91.4 cm³/mol. The van der Waals surface area contributed by atoms with Crippen LogP contribution in [0.15, 0.2) is 34.7 Å². The van der Waals surface area contributed by atoms with Gasteiger partial charge in [0.05, 0.1) is 17.7 Å². The molecule has 1 aromatic rings. The van der Waals surface area contributed by atoms with E-state index in [1.54, 1.807) is 11.0 Å². The van der Waals surface area contributed by atoms with Gasteiger partial charge in [-0.3, -0.25) is 9.59 Å². The van der Waals surface area contributed by atoms with Gasteiger partial charge in [0.25, 0.3) is 5.91 Å². The molecule has 3 rings (SSSR count). The fourth-order valence-electron chi connectivity index (χ4n) is 3.71. The normalized spacial score (nSPS) is 25.3. The van der Waals surface area contributed by atoms with E-state index < -0.39 is 0 Å². The molecule has 5 nitrogen and oxygen atoms in total. The molecule has 1 aromatic heterocycles. The molecule has 2 aliphatic rings. The maximum atomic E-state index is 12.9. The summed E-state index contributed by atoms with van der Waals surface area (Å²) < 4.78 is 4.97. The SMILES string of the molecule is CC(C)=C[C@H]1[C@H](C(=O)N2CCN(C(=O)c3ccoc3)CC2)C1(C)C. The Morgan fingerprint density at radius 2 is 1.79 bits per heavy atom. The molecule has 0 spiro atoms. The maximum absolute atomic E-state index is 12.9. The van der Waals surface area contributed by atoms with Crippen LogP contribution in [0.25, 0.3) is 0 Å². The largest absolute Gasteiger partial charge is 0.472 e. The zero-order valence-electron chi connectivity index (χ0n) is 14.9. The van der Waals surface area contributed by atoms with E-state index in [0.717, 1.165) is 0 Å². The van der Waals surface area contributed by atoms with E-state index in [-0.39, 0.29) is 23.1 Å². The lowest BCUT2D eigenvalue weighted by molar-refractivity contribution is -0.135. The molecule has 24 heavy (non-hydrogen) atoms. The van der Waals surface area contributed by atoms with Crippen LogP contribution in [-0.4, -0.2) is 47.8 Å². The van der Waals surface area contributed by atoms with Gasteiger partial charge in [0.15, 0.2) is 0 Å². The first-order valence-corrected chi connectivity index (χ1v) is 8.57. The van der Waals surface area contributed by atoms with E-state index in [4.69, 9.17) is 4.42 Å². The Hall–Kier alpha value is -2.04. The predicted octanol–water partition coefficient (Wildman–Crippen LogP) is 2.80. The lowest BCUT2D eigenvalue weighted by Crippen LogP contribution is -2.51. The van der Waals surface area contributed by atoms with Crippen molar-refractivity contribution in [2.75, 3.05) is 26.2 Å². The van der Waals surface area contributed by atoms with Crippen molar-refractivity contribution in [3.8, 4) is 0 Å². The minimum Gasteiger partial charge on any atom is -0.472 e. The molecule has 2 atom stereocenters. The zero-order valence-corrected chi connectivity index (χ0v) is 14.9. The van der Waals surface area contributed by atoms with Crippen LogP contribution in [0.5, 0.6) is 0 Å². The van der Waals surface area contributed by atoms with Crippen molar-refractivity contribution >= 4 is 11.8 Å². The number of allylic oxidation sites excluding steroid dienone is 2. The fraction of sp³-hybridized carbons (Fsp3) is 0.579. The van der Waals surface area contributed by atoms with Crippen molar-refractivity contribution < 1.29 is 14.0 Å². The second-order valence-corrected chi connectivity index (χ2v) is 7.70. The Morgan fingerprint density at radius 3 is 2.33 bits per heavy atom. The molecule has 1 saturated carbocycles. The Morgan fingerprint density at radius 1 is 1.17 bits per heavy atom. The molecule has 0 unspecified atom stereocenters. The van der Waals surface area contributed by atoms with Gasteiger partial charge in [0, 0.05) is 26.2 Å². The highest BCUT2D eigenvalue weighted by molar-refractivity contribution is 5.94. The Bertz CT molecular complexity index is 648. The molecule has 5 heteroatoms. The number of amides is 2. The van der Waals surface area contributed by atoms with Crippen molar-refractivity contribution in [3.05, 3.63) is 35.8 Å². The van der Waals surface area contributed by atoms with Gasteiger partial charge in [-0.15, -0.1) is 0 Å². The quantitative estimate of drug-likeness (QED) is 0.801. The first-order chi connectivity index (χ1) is 11.3. The molecule has 1 aliphatic heterocycles. The first-order valence-electron chi connectivity index (χ1n) is 8.57. The van der Waals surface area contributed by atoms with E-state index in [9.17, 15) is 9.59 Å². The standard InChI is InChI=1S/C19H26N2O3/c1-13(2)11-15-16(19(15,3)4)18(23)21-8-6-20(7-9-21)17(22)14-5-10-24-12-14/h5,10-12,15-16H,6-9H2,1-4H3/t15-,16+/m0/s1. The van der Waals surface area contributed by atoms with E-state index in [1.165, 1.54) is 18.1 Å². The number of carbonyl (C=O) groups is 2. The molecule has 0 aromatic carbocycles. The highest BCUT2D eigenvalue weighted by atomic mass is 16.3. The van der Waals surface area contributed by atoms with Crippen LogP contribution < -0.4 is 0 Å². The van der Waals surface area contributed by atoms with Crippen molar-refractivity contribution in [1.29, 1.82) is 0 Å². The molecule has 0 bridgehead atoms. The molecule has 2 fully saturated rings. The van der Waals surface area contributed by atoms with Crippen molar-refractivity contribution in [2.24, 2.45) is 17.3 Å². The monoisotopic (exact) mass is 330 g/mol. The third-order valence-corrected chi connectivity index (χ3v) is 5.34. The first kappa shape index (κ1) is 16.8. The van der Waals surface area contributed by atoms with Gasteiger partial charge in [-0.25, -0.2) is 0 Å². The highest BCUT2D eigenvalue weighted by Crippen LogP contribution is 2.60. The van der Waals surface area contributed by atoms with E-state index in [1.807, 2.05) is 4.90 Å². The van der Waals surface area contributed by atoms with Crippen LogP contribution in [0.4, 0.5) is 0 Å². The Balaban J connectivity index is 1.58. The van der Waals surface area contributed by atoms with Crippen LogP contribution in [0.2, 0.25) is 0 Å². The molecule has 130 valence electrons. The van der Waals surface area contributed by atoms with Crippen LogP contribution >= 0.6 is 0 Å². The third-order valence-electron chi connectivity index (χ3n) is 5.34. The summed E-state index contributed by atoms with van der Waals surface area (Å²) in [6.07, 6.45) is 5.20. The summed E-state index contributed by atoms with van der Waals surface area (Å²) in [5.74, 6) is 0.618. The van der Waals surface area contributed by atoms with Crippen LogP contribution in [0, 0.1) is 17.3 Å². The minimum absolute atomic E-state index is 0.0231. The van der Waals surface area contributed by atoms with Crippen molar-refractivity contribution in [2.45, 2.75) is 27.7 Å². The van der Waals surface area contributed by atoms with Gasteiger partial charge in [0.2, 0.25) is 5.91 Å². The van der Waals surface area contributed by atoms with Gasteiger partial charge < -0.3 is 14.2 Å². The number of piperazine rings is 1. The lowest BCUT2D eigenvalue weighted by atomic mass is 10.1. The zero-order chi connectivity index (χ0) is 17.5. The van der Waals surface area contributed by atoms with E-state index >= 15 is 0 Å². The van der Waals surface area contributed by atoms with Gasteiger partial charge in [-0.2, -0.15) is 0 Å². The average Bonchev–Trinajstić information content (AvgIpc) is 2.94. The smallest absolute Gasteiger partial charge is 0.257 e. The van der Waals surface area contributed by atoms with Crippen LogP contribution in [-0.2, 0) is 4.79 Å². The molecule has 2 heterocycles. The van der Waals surface area contributed by atoms with Gasteiger partial charge in [0.1, 0.15) is 6.26 Å². The minimum atomic E-state index is -0.0231. The molecular formula is C19H26N2O3. The van der Waals surface area contributed by atoms with Gasteiger partial charge in [-0.05, 0) is 31.2 Å². The molecule has 0 N–H and O–H groups in total. The van der Waals surface area contributed by atoms with Crippen molar-refractivity contribution in [3.63, 3.8) is 0 Å². The van der Waals surface area contributed by atoms with Crippen LogP contribution in [0.3, 0.4) is 0 Å². The summed E-state index contributed by atoms with van der Waals surface area (Å²) in [6.45, 7) is 10.9. The van der Waals surface area contributed by atoms with Gasteiger partial charge in [-0.1, -0.05) is 25.5 Å². The maximum Gasteiger partial charge on any atom is 0.257 e. The number of furan rings is 1. The number of hydrogen-bond acceptors (Lipinski definition) is 3. The number of rotatable bonds is 3. The topological polar surface area (TPSA) is 53.8 Å². The molecular weight excluding hydrogens is 304 g/mol. The molecule has 0 radical (unpaired) electrons. The van der Waals surface area contributed by atoms with Gasteiger partial charge >= 0.3 is 0 Å². The fourth-order valence-corrected chi connectivity index (χ4v) is 3.71. The summed E-state index contributed by atoms with van der Waals surface area (Å²) in [4.78, 5) is 28.9. The van der Waals surface area contributed by atoms with Crippen LogP contribution in [0.1, 0.15) is 38.1 Å². The Labute approximate surface area is 143 Å². The lowest BCUT2D eigenvalue weighted by Gasteiger charge is -2.35. The third kappa shape index (κ3) is 2.99. The highest BCUT2D eigenvalue weighted by Gasteiger charge is 2.61. The number of carbonyl (C=O) groups excluding carboxylic acids is 2. The second kappa shape index (κ2) is 6.11. The van der Waals surface area contributed by atoms with Crippen molar-refractivity contribution in [1.82, 2.24) is 9.80 Å². The molecule has 1 aliphatic carbocycles. The second-order valence-electron chi connectivity index (χ2n) is 7.70. The van der Waals surface area contributed by atoms with E-state index in [0.29, 0.717) is 37.7 Å². The summed E-state index contributed by atoms with van der Waals surface area (Å²) in [6, 6.07) is 1.68.